The highest BCUT2D eigenvalue weighted by Crippen LogP contribution is 2.22. The third-order valence-corrected chi connectivity index (χ3v) is 2.63. The second kappa shape index (κ2) is 3.59. The molecular formula is C8H5Br2N3. The predicted molar refractivity (Wildman–Crippen MR) is 56.8 cm³/mol. The minimum absolute atomic E-state index is 0.805. The topological polar surface area (TPSA) is 30.7 Å². The zero-order valence-electron chi connectivity index (χ0n) is 6.48. The largest absolute Gasteiger partial charge is 0.305 e. The molecule has 0 aliphatic rings. The zero-order chi connectivity index (χ0) is 9.26. The van der Waals surface area contributed by atoms with Gasteiger partial charge in [0.1, 0.15) is 4.60 Å². The third-order valence-electron chi connectivity index (χ3n) is 1.58. The number of hydrogen-bond acceptors (Lipinski definition) is 2. The van der Waals surface area contributed by atoms with Crippen molar-refractivity contribution in [1.82, 2.24) is 14.5 Å². The van der Waals surface area contributed by atoms with Gasteiger partial charge in [-0.3, -0.25) is 0 Å². The van der Waals surface area contributed by atoms with Gasteiger partial charge in [0.15, 0.2) is 0 Å². The molecule has 0 bridgehead atoms. The number of hydrogen-bond donors (Lipinski definition) is 0. The van der Waals surface area contributed by atoms with Crippen LogP contribution in [0.2, 0.25) is 0 Å². The standard InChI is InChI=1S/C8H5Br2N3/c9-6-4-12-8(10)3-7(6)13-2-1-11-5-13/h1-5H. The van der Waals surface area contributed by atoms with E-state index in [0.717, 1.165) is 14.8 Å². The lowest BCUT2D eigenvalue weighted by molar-refractivity contribution is 1.03. The van der Waals surface area contributed by atoms with Gasteiger partial charge in [0.05, 0.1) is 16.5 Å². The fourth-order valence-electron chi connectivity index (χ4n) is 1.00. The van der Waals surface area contributed by atoms with Crippen molar-refractivity contribution in [2.45, 2.75) is 0 Å². The van der Waals surface area contributed by atoms with E-state index in [1.54, 1.807) is 18.7 Å². The molecule has 0 aromatic carbocycles. The first kappa shape index (κ1) is 8.90. The Kier molecular flexibility index (Phi) is 2.46. The molecular weight excluding hydrogens is 298 g/mol. The van der Waals surface area contributed by atoms with Crippen molar-refractivity contribution in [1.29, 1.82) is 0 Å². The Bertz CT molecular complexity index is 411. The first-order chi connectivity index (χ1) is 6.27. The van der Waals surface area contributed by atoms with E-state index in [0.29, 0.717) is 0 Å². The molecule has 0 aliphatic heterocycles. The second-order valence-electron chi connectivity index (χ2n) is 2.43. The Morgan fingerprint density at radius 2 is 2.15 bits per heavy atom. The third kappa shape index (κ3) is 1.81. The van der Waals surface area contributed by atoms with Gasteiger partial charge in [0, 0.05) is 18.6 Å². The van der Waals surface area contributed by atoms with Gasteiger partial charge in [-0.25, -0.2) is 9.97 Å². The van der Waals surface area contributed by atoms with E-state index in [1.807, 2.05) is 16.8 Å². The van der Waals surface area contributed by atoms with Crippen molar-refractivity contribution < 1.29 is 0 Å². The van der Waals surface area contributed by atoms with Crippen LogP contribution in [0.25, 0.3) is 5.69 Å². The maximum atomic E-state index is 4.09. The van der Waals surface area contributed by atoms with E-state index in [2.05, 4.69) is 41.8 Å². The monoisotopic (exact) mass is 301 g/mol. The number of aromatic nitrogens is 3. The molecule has 0 saturated heterocycles. The lowest BCUT2D eigenvalue weighted by Crippen LogP contribution is -1.92. The van der Waals surface area contributed by atoms with Crippen LogP contribution >= 0.6 is 31.9 Å². The maximum Gasteiger partial charge on any atom is 0.108 e. The van der Waals surface area contributed by atoms with Crippen LogP contribution in [0.4, 0.5) is 0 Å². The molecule has 0 spiro atoms. The zero-order valence-corrected chi connectivity index (χ0v) is 9.66. The summed E-state index contributed by atoms with van der Waals surface area (Å²) < 4.78 is 3.66. The maximum absolute atomic E-state index is 4.09. The highest BCUT2D eigenvalue weighted by atomic mass is 79.9. The molecule has 0 fully saturated rings. The van der Waals surface area contributed by atoms with Gasteiger partial charge >= 0.3 is 0 Å². The minimum Gasteiger partial charge on any atom is -0.305 e. The predicted octanol–water partition coefficient (Wildman–Crippen LogP) is 2.79. The van der Waals surface area contributed by atoms with Crippen molar-refractivity contribution in [3.63, 3.8) is 0 Å². The molecule has 2 heterocycles. The van der Waals surface area contributed by atoms with Crippen molar-refractivity contribution in [3.8, 4) is 5.69 Å². The highest BCUT2D eigenvalue weighted by molar-refractivity contribution is 9.11. The molecule has 3 nitrogen and oxygen atoms in total. The smallest absolute Gasteiger partial charge is 0.108 e. The molecule has 2 aromatic heterocycles. The van der Waals surface area contributed by atoms with Crippen LogP contribution in [-0.2, 0) is 0 Å². The first-order valence-electron chi connectivity index (χ1n) is 3.57. The Balaban J connectivity index is 2.57. The second-order valence-corrected chi connectivity index (χ2v) is 4.10. The van der Waals surface area contributed by atoms with E-state index in [4.69, 9.17) is 0 Å². The molecule has 0 aliphatic carbocycles. The molecule has 66 valence electrons. The average Bonchev–Trinajstić information content (AvgIpc) is 2.61. The molecule has 2 aromatic rings. The van der Waals surface area contributed by atoms with Gasteiger partial charge in [-0.05, 0) is 37.9 Å². The van der Waals surface area contributed by atoms with Crippen LogP contribution in [0.3, 0.4) is 0 Å². The van der Waals surface area contributed by atoms with Gasteiger partial charge in [-0.15, -0.1) is 0 Å². The molecule has 0 unspecified atom stereocenters. The van der Waals surface area contributed by atoms with E-state index >= 15 is 0 Å². The Labute approximate surface area is 92.1 Å². The number of halogens is 2. The minimum atomic E-state index is 0.805. The molecule has 5 heteroatoms. The molecule has 0 atom stereocenters. The fraction of sp³-hybridized carbons (Fsp3) is 0. The van der Waals surface area contributed by atoms with Crippen LogP contribution < -0.4 is 0 Å². The van der Waals surface area contributed by atoms with Gasteiger partial charge in [-0.1, -0.05) is 0 Å². The molecule has 0 N–H and O–H groups in total. The number of rotatable bonds is 1. The van der Waals surface area contributed by atoms with Crippen LogP contribution in [0.5, 0.6) is 0 Å². The van der Waals surface area contributed by atoms with Gasteiger partial charge in [0.25, 0.3) is 0 Å². The summed E-state index contributed by atoms with van der Waals surface area (Å²) in [6.07, 6.45) is 7.11. The highest BCUT2D eigenvalue weighted by Gasteiger charge is 2.02. The fourth-order valence-corrected chi connectivity index (χ4v) is 1.74. The summed E-state index contributed by atoms with van der Waals surface area (Å²) in [7, 11) is 0. The molecule has 0 saturated carbocycles. The summed E-state index contributed by atoms with van der Waals surface area (Å²) in [5, 5.41) is 0. The Hall–Kier alpha value is -0.680. The van der Waals surface area contributed by atoms with Crippen LogP contribution in [0.1, 0.15) is 0 Å². The first-order valence-corrected chi connectivity index (χ1v) is 5.15. The van der Waals surface area contributed by atoms with Crippen molar-refractivity contribution in [3.05, 3.63) is 40.1 Å². The quantitative estimate of drug-likeness (QED) is 0.759. The summed E-state index contributed by atoms with van der Waals surface area (Å²) in [6, 6.07) is 1.92. The molecule has 0 amide bonds. The summed E-state index contributed by atoms with van der Waals surface area (Å²) >= 11 is 6.74. The van der Waals surface area contributed by atoms with Crippen LogP contribution in [0.15, 0.2) is 40.1 Å². The van der Waals surface area contributed by atoms with E-state index in [9.17, 15) is 0 Å². The van der Waals surface area contributed by atoms with Crippen molar-refractivity contribution >= 4 is 31.9 Å². The van der Waals surface area contributed by atoms with Crippen LogP contribution in [0, 0.1) is 0 Å². The van der Waals surface area contributed by atoms with E-state index in [-0.39, 0.29) is 0 Å². The van der Waals surface area contributed by atoms with E-state index < -0.39 is 0 Å². The summed E-state index contributed by atoms with van der Waals surface area (Å²) in [5.41, 5.74) is 1.01. The lowest BCUT2D eigenvalue weighted by atomic mass is 10.4. The van der Waals surface area contributed by atoms with Crippen molar-refractivity contribution in [2.24, 2.45) is 0 Å². The Morgan fingerprint density at radius 3 is 2.85 bits per heavy atom. The van der Waals surface area contributed by atoms with Gasteiger partial charge in [-0.2, -0.15) is 0 Å². The normalized spacial score (nSPS) is 10.3. The van der Waals surface area contributed by atoms with Gasteiger partial charge < -0.3 is 4.57 Å². The summed E-state index contributed by atoms with van der Waals surface area (Å²) in [6.45, 7) is 0. The SMILES string of the molecule is Brc1cc(-n2ccnc2)c(Br)cn1. The average molecular weight is 303 g/mol. The summed E-state index contributed by atoms with van der Waals surface area (Å²) in [4.78, 5) is 8.06. The van der Waals surface area contributed by atoms with Gasteiger partial charge in [0.2, 0.25) is 0 Å². The lowest BCUT2D eigenvalue weighted by Gasteiger charge is -2.04. The molecule has 13 heavy (non-hydrogen) atoms. The number of imidazole rings is 1. The van der Waals surface area contributed by atoms with Crippen LogP contribution in [-0.4, -0.2) is 14.5 Å². The number of pyridine rings is 1. The Morgan fingerprint density at radius 1 is 1.31 bits per heavy atom. The van der Waals surface area contributed by atoms with Crippen molar-refractivity contribution in [2.75, 3.05) is 0 Å². The molecule has 0 radical (unpaired) electrons. The summed E-state index contributed by atoms with van der Waals surface area (Å²) in [5.74, 6) is 0. The molecule has 2 rings (SSSR count). The van der Waals surface area contributed by atoms with E-state index in [1.165, 1.54) is 0 Å². The number of nitrogens with zero attached hydrogens (tertiary/aromatic N) is 3.